The minimum absolute atomic E-state index is 0.222. The highest BCUT2D eigenvalue weighted by atomic mass is 35.5. The minimum Gasteiger partial charge on any atom is -0.394 e. The van der Waals surface area contributed by atoms with E-state index in [2.05, 4.69) is 0 Å². The van der Waals surface area contributed by atoms with Crippen LogP contribution in [0.2, 0.25) is 10.0 Å². The number of ether oxygens (including phenoxy) is 4. The molecule has 2 aromatic rings. The lowest BCUT2D eigenvalue weighted by molar-refractivity contribution is -0.310. The summed E-state index contributed by atoms with van der Waals surface area (Å²) >= 11 is 12.1. The summed E-state index contributed by atoms with van der Waals surface area (Å²) in [5.74, 6) is 0. The van der Waals surface area contributed by atoms with Crippen LogP contribution < -0.4 is 0 Å². The SMILES string of the molecule is OC[C@H]1OC(c2cccc(Cl)c2)O[C@@H]([C@@H]2COC(c3cccc(Cl)c3)O2)[C@H]1O. The molecular weight excluding hydrogens is 407 g/mol. The van der Waals surface area contributed by atoms with Gasteiger partial charge in [0.25, 0.3) is 0 Å². The third-order valence-electron chi connectivity index (χ3n) is 4.79. The van der Waals surface area contributed by atoms with Crippen LogP contribution in [0, 0.1) is 0 Å². The maximum absolute atomic E-state index is 10.6. The maximum Gasteiger partial charge on any atom is 0.185 e. The molecule has 2 unspecified atom stereocenters. The minimum atomic E-state index is -1.08. The smallest absolute Gasteiger partial charge is 0.185 e. The number of aliphatic hydroxyl groups excluding tert-OH is 2. The van der Waals surface area contributed by atoms with Crippen LogP contribution in [-0.4, -0.2) is 47.8 Å². The number of benzene rings is 2. The van der Waals surface area contributed by atoms with Gasteiger partial charge in [-0.1, -0.05) is 47.5 Å². The molecular formula is C20H20Cl2O6. The predicted molar refractivity (Wildman–Crippen MR) is 102 cm³/mol. The Hall–Kier alpha value is -1.22. The summed E-state index contributed by atoms with van der Waals surface area (Å²) in [5, 5.41) is 21.4. The van der Waals surface area contributed by atoms with Crippen molar-refractivity contribution in [2.45, 2.75) is 37.0 Å². The van der Waals surface area contributed by atoms with Crippen molar-refractivity contribution in [3.63, 3.8) is 0 Å². The molecule has 2 heterocycles. The predicted octanol–water partition coefficient (Wildman–Crippen LogP) is 3.24. The van der Waals surface area contributed by atoms with Gasteiger partial charge in [-0.2, -0.15) is 0 Å². The quantitative estimate of drug-likeness (QED) is 0.781. The molecule has 2 aliphatic heterocycles. The van der Waals surface area contributed by atoms with E-state index >= 15 is 0 Å². The Morgan fingerprint density at radius 3 is 2.14 bits per heavy atom. The second-order valence-electron chi connectivity index (χ2n) is 6.73. The Morgan fingerprint density at radius 2 is 1.54 bits per heavy atom. The van der Waals surface area contributed by atoms with E-state index in [-0.39, 0.29) is 13.2 Å². The first kappa shape index (κ1) is 20.1. The molecule has 0 amide bonds. The van der Waals surface area contributed by atoms with Gasteiger partial charge in [0.1, 0.15) is 24.4 Å². The van der Waals surface area contributed by atoms with E-state index in [0.717, 1.165) is 5.56 Å². The maximum atomic E-state index is 10.6. The van der Waals surface area contributed by atoms with E-state index < -0.39 is 37.0 Å². The van der Waals surface area contributed by atoms with E-state index in [0.29, 0.717) is 15.6 Å². The average molecular weight is 427 g/mol. The highest BCUT2D eigenvalue weighted by molar-refractivity contribution is 6.30. The van der Waals surface area contributed by atoms with Gasteiger partial charge < -0.3 is 29.2 Å². The van der Waals surface area contributed by atoms with Gasteiger partial charge in [0, 0.05) is 21.2 Å². The van der Waals surface area contributed by atoms with Gasteiger partial charge in [-0.15, -0.1) is 0 Å². The van der Waals surface area contributed by atoms with Crippen molar-refractivity contribution >= 4 is 23.2 Å². The molecule has 0 bridgehead atoms. The first-order chi connectivity index (χ1) is 13.5. The third-order valence-corrected chi connectivity index (χ3v) is 5.27. The second kappa shape index (κ2) is 8.65. The number of hydrogen-bond donors (Lipinski definition) is 2. The van der Waals surface area contributed by atoms with Crippen molar-refractivity contribution < 1.29 is 29.2 Å². The second-order valence-corrected chi connectivity index (χ2v) is 7.60. The molecule has 0 aromatic heterocycles. The van der Waals surface area contributed by atoms with Crippen LogP contribution in [0.5, 0.6) is 0 Å². The lowest BCUT2D eigenvalue weighted by atomic mass is 10.0. The standard InChI is InChI=1S/C20H20Cl2O6/c21-13-5-1-3-11(7-13)19-25-10-16(27-19)18-17(24)15(9-23)26-20(28-18)12-4-2-6-14(22)8-12/h1-8,15-20,23-24H,9-10H2/t15-,16+,17+,18+,19?,20?/m1/s1. The Bertz CT molecular complexity index is 819. The Morgan fingerprint density at radius 1 is 0.893 bits per heavy atom. The molecule has 2 fully saturated rings. The molecule has 0 aliphatic carbocycles. The lowest BCUT2D eigenvalue weighted by Gasteiger charge is -2.40. The zero-order valence-corrected chi connectivity index (χ0v) is 16.3. The summed E-state index contributed by atoms with van der Waals surface area (Å²) in [5.41, 5.74) is 1.47. The number of rotatable bonds is 4. The monoisotopic (exact) mass is 426 g/mol. The first-order valence-corrected chi connectivity index (χ1v) is 9.68. The zero-order chi connectivity index (χ0) is 19.7. The summed E-state index contributed by atoms with van der Waals surface area (Å²) in [6.07, 6.45) is -4.60. The first-order valence-electron chi connectivity index (χ1n) is 8.93. The molecule has 2 N–H and O–H groups in total. The van der Waals surface area contributed by atoms with Gasteiger partial charge in [-0.3, -0.25) is 0 Å². The van der Waals surface area contributed by atoms with Crippen molar-refractivity contribution in [1.82, 2.24) is 0 Å². The fourth-order valence-electron chi connectivity index (χ4n) is 3.39. The Labute approximate surface area is 172 Å². The fourth-order valence-corrected chi connectivity index (χ4v) is 3.79. The zero-order valence-electron chi connectivity index (χ0n) is 14.8. The van der Waals surface area contributed by atoms with Gasteiger partial charge in [0.2, 0.25) is 0 Å². The summed E-state index contributed by atoms with van der Waals surface area (Å²) in [7, 11) is 0. The Kier molecular flexibility index (Phi) is 6.20. The van der Waals surface area contributed by atoms with Crippen molar-refractivity contribution in [3.05, 3.63) is 69.7 Å². The van der Waals surface area contributed by atoms with Crippen LogP contribution in [0.3, 0.4) is 0 Å². The molecule has 8 heteroatoms. The van der Waals surface area contributed by atoms with Crippen molar-refractivity contribution in [2.24, 2.45) is 0 Å². The van der Waals surface area contributed by atoms with Crippen molar-refractivity contribution in [1.29, 1.82) is 0 Å². The average Bonchev–Trinajstić information content (AvgIpc) is 3.18. The topological polar surface area (TPSA) is 77.4 Å². The van der Waals surface area contributed by atoms with Gasteiger partial charge >= 0.3 is 0 Å². The van der Waals surface area contributed by atoms with Crippen molar-refractivity contribution in [3.8, 4) is 0 Å². The normalized spacial score (nSPS) is 33.1. The highest BCUT2D eigenvalue weighted by Crippen LogP contribution is 2.37. The van der Waals surface area contributed by atoms with Crippen LogP contribution in [0.1, 0.15) is 23.7 Å². The summed E-state index contributed by atoms with van der Waals surface area (Å²) in [4.78, 5) is 0. The molecule has 0 spiro atoms. The number of halogens is 2. The molecule has 0 saturated carbocycles. The molecule has 2 saturated heterocycles. The number of hydrogen-bond acceptors (Lipinski definition) is 6. The van der Waals surface area contributed by atoms with E-state index in [4.69, 9.17) is 42.1 Å². The Balaban J connectivity index is 1.52. The van der Waals surface area contributed by atoms with Crippen LogP contribution in [-0.2, 0) is 18.9 Å². The van der Waals surface area contributed by atoms with E-state index in [1.54, 1.807) is 36.4 Å². The third kappa shape index (κ3) is 4.20. The largest absolute Gasteiger partial charge is 0.394 e. The highest BCUT2D eigenvalue weighted by Gasteiger charge is 2.46. The molecule has 2 aromatic carbocycles. The summed E-state index contributed by atoms with van der Waals surface area (Å²) in [6.45, 7) is -0.136. The molecule has 4 rings (SSSR count). The molecule has 2 aliphatic rings. The lowest BCUT2D eigenvalue weighted by Crippen LogP contribution is -2.54. The van der Waals surface area contributed by atoms with Gasteiger partial charge in [0.05, 0.1) is 13.2 Å². The van der Waals surface area contributed by atoms with Gasteiger partial charge in [-0.05, 0) is 24.3 Å². The molecule has 0 radical (unpaired) electrons. The molecule has 28 heavy (non-hydrogen) atoms. The van der Waals surface area contributed by atoms with E-state index in [1.807, 2.05) is 12.1 Å². The van der Waals surface area contributed by atoms with Crippen LogP contribution in [0.15, 0.2) is 48.5 Å². The number of aliphatic hydroxyl groups is 2. The van der Waals surface area contributed by atoms with Crippen LogP contribution >= 0.6 is 23.2 Å². The van der Waals surface area contributed by atoms with E-state index in [9.17, 15) is 10.2 Å². The van der Waals surface area contributed by atoms with Crippen LogP contribution in [0.25, 0.3) is 0 Å². The fraction of sp³-hybridized carbons (Fsp3) is 0.400. The van der Waals surface area contributed by atoms with Crippen molar-refractivity contribution in [2.75, 3.05) is 13.2 Å². The molecule has 6 atom stereocenters. The summed E-state index contributed by atoms with van der Waals surface area (Å²) in [6, 6.07) is 14.2. The van der Waals surface area contributed by atoms with Gasteiger partial charge in [-0.25, -0.2) is 0 Å². The van der Waals surface area contributed by atoms with E-state index in [1.165, 1.54) is 0 Å². The molecule has 6 nitrogen and oxygen atoms in total. The van der Waals surface area contributed by atoms with Crippen LogP contribution in [0.4, 0.5) is 0 Å². The molecule has 150 valence electrons. The van der Waals surface area contributed by atoms with Gasteiger partial charge in [0.15, 0.2) is 12.6 Å². The summed E-state index contributed by atoms with van der Waals surface area (Å²) < 4.78 is 23.4.